The van der Waals surface area contributed by atoms with Gasteiger partial charge in [0.2, 0.25) is 0 Å². The highest BCUT2D eigenvalue weighted by Crippen LogP contribution is 2.51. The second kappa shape index (κ2) is 6.48. The van der Waals surface area contributed by atoms with E-state index in [1.165, 1.54) is 22.7 Å². The molecule has 0 unspecified atom stereocenters. The zero-order valence-corrected chi connectivity index (χ0v) is 14.9. The second-order valence-corrected chi connectivity index (χ2v) is 10.6. The predicted octanol–water partition coefficient (Wildman–Crippen LogP) is 2.86. The molecule has 0 amide bonds. The molecule has 122 valence electrons. The van der Waals surface area contributed by atoms with Crippen molar-refractivity contribution in [3.8, 4) is 0 Å². The minimum absolute atomic E-state index is 0.0843. The number of rotatable bonds is 4. The Hall–Kier alpha value is -2.00. The molecular formula is C19H18O3PS+. The van der Waals surface area contributed by atoms with Crippen LogP contribution in [0.25, 0.3) is 0 Å². The van der Waals surface area contributed by atoms with Crippen molar-refractivity contribution in [2.45, 2.75) is 4.90 Å². The van der Waals surface area contributed by atoms with Gasteiger partial charge in [0.1, 0.15) is 23.2 Å². The molecule has 0 aromatic heterocycles. The summed E-state index contributed by atoms with van der Waals surface area (Å²) in [5.41, 5.74) is 0. The number of hydrogen-bond acceptors (Lipinski definition) is 2. The lowest BCUT2D eigenvalue weighted by atomic mass is 10.3. The molecule has 0 saturated carbocycles. The summed E-state index contributed by atoms with van der Waals surface area (Å²) in [6, 6.07) is 27.0. The van der Waals surface area contributed by atoms with E-state index in [2.05, 4.69) is 30.9 Å². The van der Waals surface area contributed by atoms with Crippen molar-refractivity contribution < 1.29 is 13.0 Å². The average molecular weight is 357 g/mol. The summed E-state index contributed by atoms with van der Waals surface area (Å²) in [6.45, 7) is 2.22. The summed E-state index contributed by atoms with van der Waals surface area (Å²) in [7, 11) is -6.06. The van der Waals surface area contributed by atoms with Gasteiger partial charge in [-0.25, -0.2) is 0 Å². The fourth-order valence-corrected chi connectivity index (χ4v) is 6.47. The molecule has 3 aromatic rings. The van der Waals surface area contributed by atoms with Crippen LogP contribution in [0.3, 0.4) is 0 Å². The number of hydrogen-bond donors (Lipinski definition) is 1. The molecule has 0 heterocycles. The summed E-state index contributed by atoms with van der Waals surface area (Å²) >= 11 is 0. The van der Waals surface area contributed by atoms with E-state index in [1.807, 2.05) is 36.4 Å². The van der Waals surface area contributed by atoms with Gasteiger partial charge in [-0.2, -0.15) is 8.42 Å². The first kappa shape index (κ1) is 16.8. The fraction of sp³-hybridized carbons (Fsp3) is 0.0526. The topological polar surface area (TPSA) is 54.4 Å². The molecule has 0 fully saturated rings. The van der Waals surface area contributed by atoms with E-state index >= 15 is 0 Å². The Kier molecular flexibility index (Phi) is 4.55. The van der Waals surface area contributed by atoms with Crippen LogP contribution < -0.4 is 15.9 Å². The summed E-state index contributed by atoms with van der Waals surface area (Å²) in [4.78, 5) is -0.0843. The van der Waals surface area contributed by atoms with Crippen LogP contribution in [0.1, 0.15) is 0 Å². The Morgan fingerprint density at radius 1 is 0.667 bits per heavy atom. The minimum atomic E-state index is -4.18. The van der Waals surface area contributed by atoms with E-state index in [-0.39, 0.29) is 4.90 Å². The Morgan fingerprint density at radius 2 is 1.04 bits per heavy atom. The van der Waals surface area contributed by atoms with Crippen molar-refractivity contribution in [2.24, 2.45) is 0 Å². The molecular weight excluding hydrogens is 339 g/mol. The molecule has 0 atom stereocenters. The SMILES string of the molecule is C[P+](c1ccccc1)(c1ccccc1)c1ccc(S(=O)(=O)O)cc1. The first-order chi connectivity index (χ1) is 11.4. The van der Waals surface area contributed by atoms with E-state index in [1.54, 1.807) is 12.1 Å². The predicted molar refractivity (Wildman–Crippen MR) is 101 cm³/mol. The van der Waals surface area contributed by atoms with Gasteiger partial charge in [0.05, 0.1) is 11.6 Å². The van der Waals surface area contributed by atoms with Crippen LogP contribution in [0, 0.1) is 0 Å². The van der Waals surface area contributed by atoms with Gasteiger partial charge in [-0.05, 0) is 48.5 Å². The lowest BCUT2D eigenvalue weighted by Crippen LogP contribution is -2.30. The Morgan fingerprint density at radius 3 is 1.42 bits per heavy atom. The molecule has 1 N–H and O–H groups in total. The maximum Gasteiger partial charge on any atom is 0.294 e. The molecule has 0 saturated heterocycles. The molecule has 0 bridgehead atoms. The van der Waals surface area contributed by atoms with Crippen molar-refractivity contribution in [3.63, 3.8) is 0 Å². The molecule has 5 heteroatoms. The monoisotopic (exact) mass is 357 g/mol. The van der Waals surface area contributed by atoms with Gasteiger partial charge >= 0.3 is 0 Å². The van der Waals surface area contributed by atoms with Crippen LogP contribution in [0.4, 0.5) is 0 Å². The molecule has 24 heavy (non-hydrogen) atoms. The van der Waals surface area contributed by atoms with Gasteiger partial charge in [0.15, 0.2) is 0 Å². The molecule has 0 aliphatic heterocycles. The van der Waals surface area contributed by atoms with Crippen molar-refractivity contribution in [3.05, 3.63) is 84.9 Å². The summed E-state index contributed by atoms with van der Waals surface area (Å²) in [6.07, 6.45) is 0. The zero-order valence-electron chi connectivity index (χ0n) is 13.2. The second-order valence-electron chi connectivity index (χ2n) is 5.65. The highest BCUT2D eigenvalue weighted by molar-refractivity contribution is 7.95. The van der Waals surface area contributed by atoms with Gasteiger partial charge < -0.3 is 0 Å². The Labute approximate surface area is 143 Å². The molecule has 3 rings (SSSR count). The summed E-state index contributed by atoms with van der Waals surface area (Å²) in [5, 5.41) is 3.50. The minimum Gasteiger partial charge on any atom is -0.282 e. The van der Waals surface area contributed by atoms with Crippen LogP contribution >= 0.6 is 7.26 Å². The molecule has 3 nitrogen and oxygen atoms in total. The van der Waals surface area contributed by atoms with Crippen molar-refractivity contribution in [1.82, 2.24) is 0 Å². The summed E-state index contributed by atoms with van der Waals surface area (Å²) < 4.78 is 31.8. The fourth-order valence-electron chi connectivity index (χ4n) is 2.82. The highest BCUT2D eigenvalue weighted by Gasteiger charge is 2.40. The maximum atomic E-state index is 11.3. The molecule has 0 aliphatic carbocycles. The first-order valence-electron chi connectivity index (χ1n) is 7.48. The normalized spacial score (nSPS) is 12.1. The van der Waals surface area contributed by atoms with E-state index < -0.39 is 17.4 Å². The van der Waals surface area contributed by atoms with Crippen molar-refractivity contribution >= 4 is 33.3 Å². The smallest absolute Gasteiger partial charge is 0.282 e. The average Bonchev–Trinajstić information content (AvgIpc) is 2.62. The summed E-state index contributed by atoms with van der Waals surface area (Å²) in [5.74, 6) is 0. The third-order valence-electron chi connectivity index (χ3n) is 4.20. The zero-order chi connectivity index (χ0) is 17.2. The first-order valence-corrected chi connectivity index (χ1v) is 11.2. The van der Waals surface area contributed by atoms with Gasteiger partial charge in [-0.3, -0.25) is 4.55 Å². The van der Waals surface area contributed by atoms with Crippen LogP contribution in [0.2, 0.25) is 0 Å². The van der Waals surface area contributed by atoms with E-state index in [0.717, 1.165) is 5.30 Å². The highest BCUT2D eigenvalue weighted by atomic mass is 32.2. The molecule has 0 radical (unpaired) electrons. The number of benzene rings is 3. The Bertz CT molecular complexity index is 882. The quantitative estimate of drug-likeness (QED) is 0.577. The van der Waals surface area contributed by atoms with Crippen molar-refractivity contribution in [1.29, 1.82) is 0 Å². The van der Waals surface area contributed by atoms with Crippen LogP contribution in [-0.4, -0.2) is 19.6 Å². The van der Waals surface area contributed by atoms with Crippen LogP contribution in [-0.2, 0) is 10.1 Å². The van der Waals surface area contributed by atoms with Gasteiger partial charge in [0.25, 0.3) is 10.1 Å². The molecule has 3 aromatic carbocycles. The lowest BCUT2D eigenvalue weighted by molar-refractivity contribution is 0.483. The molecule has 0 aliphatic rings. The third-order valence-corrected chi connectivity index (χ3v) is 9.06. The van der Waals surface area contributed by atoms with E-state index in [0.29, 0.717) is 0 Å². The molecule has 0 spiro atoms. The standard InChI is InChI=1S/C19H17O3PS/c1-23(16-8-4-2-5-9-16,17-10-6-3-7-11-17)18-12-14-19(15-13-18)24(20,21)22/h2-15H,1H3/p+1. The van der Waals surface area contributed by atoms with Crippen molar-refractivity contribution in [2.75, 3.05) is 6.66 Å². The Balaban J connectivity index is 2.20. The van der Waals surface area contributed by atoms with Gasteiger partial charge in [-0.1, -0.05) is 36.4 Å². The van der Waals surface area contributed by atoms with E-state index in [4.69, 9.17) is 0 Å². The maximum absolute atomic E-state index is 11.3. The van der Waals surface area contributed by atoms with Crippen LogP contribution in [0.15, 0.2) is 89.8 Å². The van der Waals surface area contributed by atoms with Gasteiger partial charge in [-0.15, -0.1) is 0 Å². The van der Waals surface area contributed by atoms with E-state index in [9.17, 15) is 13.0 Å². The van der Waals surface area contributed by atoms with Crippen LogP contribution in [0.5, 0.6) is 0 Å². The largest absolute Gasteiger partial charge is 0.294 e. The lowest BCUT2D eigenvalue weighted by Gasteiger charge is -2.23. The van der Waals surface area contributed by atoms with Gasteiger partial charge in [0, 0.05) is 0 Å². The third kappa shape index (κ3) is 3.13.